The summed E-state index contributed by atoms with van der Waals surface area (Å²) in [7, 11) is 0. The van der Waals surface area contributed by atoms with Crippen LogP contribution < -0.4 is 5.32 Å². The molecule has 0 aromatic heterocycles. The van der Waals surface area contributed by atoms with Gasteiger partial charge in [-0.2, -0.15) is 0 Å². The highest BCUT2D eigenvalue weighted by Crippen LogP contribution is 2.23. The summed E-state index contributed by atoms with van der Waals surface area (Å²) in [5, 5.41) is 2.95. The lowest BCUT2D eigenvalue weighted by Gasteiger charge is -2.35. The van der Waals surface area contributed by atoms with E-state index in [1.54, 1.807) is 0 Å². The van der Waals surface area contributed by atoms with Crippen LogP contribution in [0, 0.1) is 11.8 Å². The van der Waals surface area contributed by atoms with E-state index in [4.69, 9.17) is 4.74 Å². The molecule has 0 aliphatic carbocycles. The smallest absolute Gasteiger partial charge is 0.229 e. The zero-order valence-corrected chi connectivity index (χ0v) is 13.4. The molecule has 2 aliphatic heterocycles. The number of nitrogens with one attached hydrogen (secondary N) is 1. The second-order valence-electron chi connectivity index (χ2n) is 6.37. The zero-order valence-electron chi connectivity index (χ0n) is 13.4. The number of likely N-dealkylation sites (tertiary alicyclic amines) is 1. The van der Waals surface area contributed by atoms with Crippen LogP contribution >= 0.6 is 0 Å². The van der Waals surface area contributed by atoms with Gasteiger partial charge in [0.1, 0.15) is 0 Å². The topological polar surface area (TPSA) is 58.6 Å². The van der Waals surface area contributed by atoms with Crippen molar-refractivity contribution >= 4 is 17.5 Å². The van der Waals surface area contributed by atoms with Crippen molar-refractivity contribution in [1.82, 2.24) is 4.90 Å². The number of benzene rings is 1. The minimum atomic E-state index is -0.118. The molecule has 2 saturated heterocycles. The number of hydrogen-bond donors (Lipinski definition) is 1. The number of anilines is 1. The maximum absolute atomic E-state index is 12.6. The van der Waals surface area contributed by atoms with Crippen molar-refractivity contribution < 1.29 is 14.3 Å². The van der Waals surface area contributed by atoms with Crippen LogP contribution in [-0.2, 0) is 14.3 Å². The van der Waals surface area contributed by atoms with Crippen LogP contribution in [-0.4, -0.2) is 43.0 Å². The second-order valence-corrected chi connectivity index (χ2v) is 6.37. The van der Waals surface area contributed by atoms with Gasteiger partial charge >= 0.3 is 0 Å². The lowest BCUT2D eigenvalue weighted by Crippen LogP contribution is -2.46. The fourth-order valence-electron chi connectivity index (χ4n) is 3.36. The Kier molecular flexibility index (Phi) is 5.28. The van der Waals surface area contributed by atoms with E-state index in [1.807, 2.05) is 35.2 Å². The monoisotopic (exact) mass is 316 g/mol. The van der Waals surface area contributed by atoms with Crippen molar-refractivity contribution in [3.8, 4) is 0 Å². The number of carbonyl (C=O) groups is 2. The highest BCUT2D eigenvalue weighted by atomic mass is 16.5. The molecule has 1 N–H and O–H groups in total. The van der Waals surface area contributed by atoms with Crippen molar-refractivity contribution in [3.05, 3.63) is 30.3 Å². The first-order chi connectivity index (χ1) is 11.2. The lowest BCUT2D eigenvalue weighted by atomic mass is 9.93. The van der Waals surface area contributed by atoms with Gasteiger partial charge in [0.25, 0.3) is 0 Å². The minimum absolute atomic E-state index is 0.0145. The summed E-state index contributed by atoms with van der Waals surface area (Å²) in [5.41, 5.74) is 0.811. The van der Waals surface area contributed by atoms with E-state index in [0.29, 0.717) is 19.8 Å². The van der Waals surface area contributed by atoms with Crippen molar-refractivity contribution in [2.75, 3.05) is 31.6 Å². The van der Waals surface area contributed by atoms with Crippen LogP contribution in [0.1, 0.15) is 25.7 Å². The quantitative estimate of drug-likeness (QED) is 0.931. The summed E-state index contributed by atoms with van der Waals surface area (Å²) in [6.45, 7) is 2.64. The minimum Gasteiger partial charge on any atom is -0.381 e. The van der Waals surface area contributed by atoms with Crippen LogP contribution in [0.15, 0.2) is 30.3 Å². The Balaban J connectivity index is 1.57. The molecule has 2 amide bonds. The summed E-state index contributed by atoms with van der Waals surface area (Å²) in [6, 6.07) is 9.48. The number of nitrogens with zero attached hydrogens (tertiary/aromatic N) is 1. The van der Waals surface area contributed by atoms with Gasteiger partial charge in [-0.1, -0.05) is 18.2 Å². The lowest BCUT2D eigenvalue weighted by molar-refractivity contribution is -0.141. The average Bonchev–Trinajstić information content (AvgIpc) is 2.63. The largest absolute Gasteiger partial charge is 0.381 e. The Labute approximate surface area is 137 Å². The molecule has 0 saturated carbocycles. The normalized spacial score (nSPS) is 22.6. The molecule has 0 spiro atoms. The predicted octanol–water partition coefficient (Wildman–Crippen LogP) is 2.29. The van der Waals surface area contributed by atoms with Crippen molar-refractivity contribution in [3.63, 3.8) is 0 Å². The van der Waals surface area contributed by atoms with Gasteiger partial charge in [-0.05, 0) is 37.8 Å². The highest BCUT2D eigenvalue weighted by Gasteiger charge is 2.32. The number of para-hydroxylation sites is 1. The Morgan fingerprint density at radius 1 is 1.04 bits per heavy atom. The molecular weight excluding hydrogens is 292 g/mol. The van der Waals surface area contributed by atoms with E-state index in [2.05, 4.69) is 5.32 Å². The Bertz CT molecular complexity index is 540. The predicted molar refractivity (Wildman–Crippen MR) is 87.9 cm³/mol. The molecule has 5 nitrogen and oxygen atoms in total. The number of carbonyl (C=O) groups excluding carboxylic acids is 2. The first-order valence-corrected chi connectivity index (χ1v) is 8.46. The van der Waals surface area contributed by atoms with Crippen LogP contribution in [0.2, 0.25) is 0 Å². The Morgan fingerprint density at radius 2 is 1.78 bits per heavy atom. The number of hydrogen-bond acceptors (Lipinski definition) is 3. The van der Waals surface area contributed by atoms with Crippen molar-refractivity contribution in [2.45, 2.75) is 25.7 Å². The summed E-state index contributed by atoms with van der Waals surface area (Å²) in [5.74, 6) is 0.165. The molecule has 124 valence electrons. The van der Waals surface area contributed by atoms with E-state index >= 15 is 0 Å². The summed E-state index contributed by atoms with van der Waals surface area (Å²) in [6.07, 6.45) is 3.34. The number of ether oxygens (including phenoxy) is 1. The van der Waals surface area contributed by atoms with Gasteiger partial charge in [-0.25, -0.2) is 0 Å². The third-order valence-corrected chi connectivity index (χ3v) is 4.72. The highest BCUT2D eigenvalue weighted by molar-refractivity contribution is 5.93. The molecule has 23 heavy (non-hydrogen) atoms. The SMILES string of the molecule is O=C(Nc1ccccc1)C1CCCN(C(=O)C2CCOCC2)C1. The number of amides is 2. The van der Waals surface area contributed by atoms with Crippen LogP contribution in [0.3, 0.4) is 0 Å². The number of rotatable bonds is 3. The molecule has 3 rings (SSSR count). The van der Waals surface area contributed by atoms with Gasteiger partial charge in [-0.3, -0.25) is 9.59 Å². The van der Waals surface area contributed by atoms with E-state index in [1.165, 1.54) is 0 Å². The van der Waals surface area contributed by atoms with Gasteiger partial charge < -0.3 is 15.0 Å². The van der Waals surface area contributed by atoms with Gasteiger partial charge in [-0.15, -0.1) is 0 Å². The van der Waals surface area contributed by atoms with Gasteiger partial charge in [0.15, 0.2) is 0 Å². The van der Waals surface area contributed by atoms with Crippen LogP contribution in [0.25, 0.3) is 0 Å². The van der Waals surface area contributed by atoms with Crippen molar-refractivity contribution in [2.24, 2.45) is 11.8 Å². The molecule has 5 heteroatoms. The third kappa shape index (κ3) is 4.10. The summed E-state index contributed by atoms with van der Waals surface area (Å²) in [4.78, 5) is 26.9. The van der Waals surface area contributed by atoms with E-state index < -0.39 is 0 Å². The van der Waals surface area contributed by atoms with Crippen LogP contribution in [0.5, 0.6) is 0 Å². The summed E-state index contributed by atoms with van der Waals surface area (Å²) < 4.78 is 5.33. The van der Waals surface area contributed by atoms with E-state index in [9.17, 15) is 9.59 Å². The zero-order chi connectivity index (χ0) is 16.1. The molecule has 0 radical (unpaired) electrons. The van der Waals surface area contributed by atoms with Crippen molar-refractivity contribution in [1.29, 1.82) is 0 Å². The van der Waals surface area contributed by atoms with Gasteiger partial charge in [0, 0.05) is 37.9 Å². The van der Waals surface area contributed by atoms with E-state index in [0.717, 1.165) is 37.9 Å². The number of piperidine rings is 1. The first kappa shape index (κ1) is 16.0. The molecule has 0 bridgehead atoms. The van der Waals surface area contributed by atoms with Gasteiger partial charge in [0.05, 0.1) is 5.92 Å². The average molecular weight is 316 g/mol. The molecule has 2 heterocycles. The molecule has 2 aliphatic rings. The van der Waals surface area contributed by atoms with E-state index in [-0.39, 0.29) is 23.7 Å². The third-order valence-electron chi connectivity index (χ3n) is 4.72. The fourth-order valence-corrected chi connectivity index (χ4v) is 3.36. The van der Waals surface area contributed by atoms with Crippen LogP contribution in [0.4, 0.5) is 5.69 Å². The molecule has 1 aromatic carbocycles. The summed E-state index contributed by atoms with van der Waals surface area (Å²) >= 11 is 0. The molecule has 1 atom stereocenters. The second kappa shape index (κ2) is 7.59. The maximum atomic E-state index is 12.6. The maximum Gasteiger partial charge on any atom is 0.229 e. The molecule has 1 unspecified atom stereocenters. The molecule has 1 aromatic rings. The fraction of sp³-hybridized carbons (Fsp3) is 0.556. The Hall–Kier alpha value is -1.88. The first-order valence-electron chi connectivity index (χ1n) is 8.46. The Morgan fingerprint density at radius 3 is 2.52 bits per heavy atom. The molecule has 2 fully saturated rings. The van der Waals surface area contributed by atoms with Gasteiger partial charge in [0.2, 0.25) is 11.8 Å². The molecular formula is C18H24N2O3. The standard InChI is InChI=1S/C18H24N2O3/c21-17(19-16-6-2-1-3-7-16)15-5-4-10-20(13-15)18(22)14-8-11-23-12-9-14/h1-3,6-7,14-15H,4-5,8-13H2,(H,19,21).